The number of Topliss-reactive ketones (excluding diaryl/α,β-unsaturated/α-hetero) is 1. The Morgan fingerprint density at radius 3 is 2.78 bits per heavy atom. The summed E-state index contributed by atoms with van der Waals surface area (Å²) in [4.78, 5) is 18.2. The van der Waals surface area contributed by atoms with Gasteiger partial charge in [0.25, 0.3) is 0 Å². The van der Waals surface area contributed by atoms with E-state index in [4.69, 9.17) is 9.99 Å². The highest BCUT2D eigenvalue weighted by molar-refractivity contribution is 5.98. The standard InChI is InChI=1S/C31H42FNO3/c1-30-14-11-22(34)17-20(30)4-6-24-26-8-10-29(31(26,2)15-12-27(24)30)33-36-16-13-19-3-9-28(35)23-7-5-21(32)18-25(19)23/h5,7,18-20,22,24,26-27,34H,3-4,6,8-17H2,1-2H3/b33-29-/t19?,20-,22-,24-,26-,27-,30-,31-/m0/s1. The fraction of sp³-hybridized carbons (Fsp3) is 0.742. The van der Waals surface area contributed by atoms with E-state index in [0.717, 1.165) is 49.5 Å². The predicted molar refractivity (Wildman–Crippen MR) is 138 cm³/mol. The maximum absolute atomic E-state index is 13.9. The van der Waals surface area contributed by atoms with Crippen LogP contribution in [0.15, 0.2) is 23.4 Å². The molecular weight excluding hydrogens is 453 g/mol. The van der Waals surface area contributed by atoms with E-state index in [9.17, 15) is 14.3 Å². The number of oxime groups is 1. The van der Waals surface area contributed by atoms with Gasteiger partial charge in [-0.25, -0.2) is 4.39 Å². The first-order valence-electron chi connectivity index (χ1n) is 14.5. The number of nitrogens with zero attached hydrogens (tertiary/aromatic N) is 1. The Labute approximate surface area is 215 Å². The number of fused-ring (bicyclic) bond motifs is 6. The van der Waals surface area contributed by atoms with E-state index in [1.165, 1.54) is 56.4 Å². The third-order valence-corrected chi connectivity index (χ3v) is 11.6. The van der Waals surface area contributed by atoms with Gasteiger partial charge in [-0.2, -0.15) is 0 Å². The minimum Gasteiger partial charge on any atom is -0.396 e. The molecule has 0 bridgehead atoms. The van der Waals surface area contributed by atoms with Gasteiger partial charge in [0.15, 0.2) is 5.78 Å². The average Bonchev–Trinajstić information content (AvgIpc) is 3.19. The van der Waals surface area contributed by atoms with Gasteiger partial charge in [0.1, 0.15) is 12.4 Å². The number of aliphatic hydroxyl groups is 1. The van der Waals surface area contributed by atoms with Crippen molar-refractivity contribution in [3.05, 3.63) is 35.1 Å². The molecule has 4 fully saturated rings. The van der Waals surface area contributed by atoms with Gasteiger partial charge in [0, 0.05) is 17.4 Å². The molecule has 6 rings (SSSR count). The topological polar surface area (TPSA) is 58.9 Å². The van der Waals surface area contributed by atoms with Gasteiger partial charge in [-0.1, -0.05) is 19.0 Å². The molecule has 0 saturated heterocycles. The van der Waals surface area contributed by atoms with E-state index in [1.54, 1.807) is 6.07 Å². The summed E-state index contributed by atoms with van der Waals surface area (Å²) in [6.07, 6.45) is 12.4. The van der Waals surface area contributed by atoms with Crippen LogP contribution in [0.1, 0.15) is 113 Å². The summed E-state index contributed by atoms with van der Waals surface area (Å²) in [6, 6.07) is 4.56. The smallest absolute Gasteiger partial charge is 0.163 e. The van der Waals surface area contributed by atoms with E-state index in [0.29, 0.717) is 35.8 Å². The van der Waals surface area contributed by atoms with E-state index < -0.39 is 0 Å². The Kier molecular flexibility index (Phi) is 6.29. The molecule has 4 nitrogen and oxygen atoms in total. The molecule has 0 amide bonds. The maximum Gasteiger partial charge on any atom is 0.163 e. The summed E-state index contributed by atoms with van der Waals surface area (Å²) in [7, 11) is 0. The summed E-state index contributed by atoms with van der Waals surface area (Å²) >= 11 is 0. The van der Waals surface area contributed by atoms with Crippen molar-refractivity contribution in [2.45, 2.75) is 103 Å². The second kappa shape index (κ2) is 9.22. The van der Waals surface area contributed by atoms with Gasteiger partial charge in [0.05, 0.1) is 11.8 Å². The van der Waals surface area contributed by atoms with Gasteiger partial charge in [-0.15, -0.1) is 0 Å². The molecule has 5 aliphatic carbocycles. The number of rotatable bonds is 4. The molecule has 1 aromatic carbocycles. The molecule has 36 heavy (non-hydrogen) atoms. The van der Waals surface area contributed by atoms with Gasteiger partial charge in [-0.05, 0) is 129 Å². The molecule has 4 saturated carbocycles. The van der Waals surface area contributed by atoms with Crippen LogP contribution in [-0.4, -0.2) is 29.3 Å². The number of aliphatic hydroxyl groups excluding tert-OH is 1. The number of ketones is 1. The van der Waals surface area contributed by atoms with E-state index in [2.05, 4.69) is 13.8 Å². The van der Waals surface area contributed by atoms with Crippen molar-refractivity contribution < 1.29 is 19.1 Å². The Morgan fingerprint density at radius 2 is 1.92 bits per heavy atom. The molecule has 0 radical (unpaired) electrons. The molecule has 0 aliphatic heterocycles. The van der Waals surface area contributed by atoms with Crippen molar-refractivity contribution in [2.24, 2.45) is 39.7 Å². The molecule has 0 spiro atoms. The lowest BCUT2D eigenvalue weighted by Crippen LogP contribution is -2.54. The molecule has 5 aliphatic rings. The Bertz CT molecular complexity index is 1050. The average molecular weight is 496 g/mol. The highest BCUT2D eigenvalue weighted by atomic mass is 19.1. The number of hydrogen-bond donors (Lipinski definition) is 1. The lowest BCUT2D eigenvalue weighted by molar-refractivity contribution is -0.114. The summed E-state index contributed by atoms with van der Waals surface area (Å²) < 4.78 is 13.9. The molecule has 1 aromatic rings. The monoisotopic (exact) mass is 495 g/mol. The second-order valence-corrected chi connectivity index (χ2v) is 13.1. The van der Waals surface area contributed by atoms with Crippen LogP contribution < -0.4 is 0 Å². The van der Waals surface area contributed by atoms with Crippen LogP contribution in [0.2, 0.25) is 0 Å². The fourth-order valence-corrected chi connectivity index (χ4v) is 9.51. The lowest BCUT2D eigenvalue weighted by atomic mass is 9.45. The first-order valence-corrected chi connectivity index (χ1v) is 14.5. The highest BCUT2D eigenvalue weighted by Gasteiger charge is 2.59. The van der Waals surface area contributed by atoms with Crippen molar-refractivity contribution >= 4 is 11.5 Å². The zero-order valence-electron chi connectivity index (χ0n) is 22.0. The van der Waals surface area contributed by atoms with E-state index in [-0.39, 0.29) is 29.0 Å². The Hall–Kier alpha value is -1.75. The molecule has 1 unspecified atom stereocenters. The lowest BCUT2D eigenvalue weighted by Gasteiger charge is -2.60. The van der Waals surface area contributed by atoms with Crippen LogP contribution in [0.5, 0.6) is 0 Å². The van der Waals surface area contributed by atoms with Gasteiger partial charge in [0.2, 0.25) is 0 Å². The Balaban J connectivity index is 1.11. The maximum atomic E-state index is 13.9. The summed E-state index contributed by atoms with van der Waals surface area (Å²) in [5, 5.41) is 15.0. The van der Waals surface area contributed by atoms with Gasteiger partial charge < -0.3 is 9.94 Å². The largest absolute Gasteiger partial charge is 0.396 e. The molecule has 0 aromatic heterocycles. The number of carbonyl (C=O) groups excluding carboxylic acids is 1. The van der Waals surface area contributed by atoms with Crippen molar-refractivity contribution in [1.82, 2.24) is 0 Å². The molecule has 8 atom stereocenters. The quantitative estimate of drug-likeness (QED) is 0.360. The van der Waals surface area contributed by atoms with Crippen molar-refractivity contribution in [3.63, 3.8) is 0 Å². The van der Waals surface area contributed by atoms with Crippen molar-refractivity contribution in [3.8, 4) is 0 Å². The second-order valence-electron chi connectivity index (χ2n) is 13.1. The number of benzene rings is 1. The number of carbonyl (C=O) groups is 1. The molecular formula is C31H42FNO3. The third kappa shape index (κ3) is 3.95. The molecule has 196 valence electrons. The zero-order valence-corrected chi connectivity index (χ0v) is 22.0. The molecule has 1 N–H and O–H groups in total. The summed E-state index contributed by atoms with van der Waals surface area (Å²) in [5.41, 5.74) is 3.32. The number of hydrogen-bond acceptors (Lipinski definition) is 4. The zero-order chi connectivity index (χ0) is 25.1. The van der Waals surface area contributed by atoms with E-state index >= 15 is 0 Å². The third-order valence-electron chi connectivity index (χ3n) is 11.6. The van der Waals surface area contributed by atoms with Crippen LogP contribution in [0.3, 0.4) is 0 Å². The normalized spacial score (nSPS) is 42.9. The van der Waals surface area contributed by atoms with Gasteiger partial charge in [-0.3, -0.25) is 4.79 Å². The van der Waals surface area contributed by atoms with Crippen LogP contribution >= 0.6 is 0 Å². The number of halogens is 1. The first-order chi connectivity index (χ1) is 17.3. The highest BCUT2D eigenvalue weighted by Crippen LogP contribution is 2.65. The summed E-state index contributed by atoms with van der Waals surface area (Å²) in [6.45, 7) is 5.49. The minimum atomic E-state index is -0.276. The Morgan fingerprint density at radius 1 is 1.06 bits per heavy atom. The van der Waals surface area contributed by atoms with Crippen molar-refractivity contribution in [1.29, 1.82) is 0 Å². The van der Waals surface area contributed by atoms with Gasteiger partial charge >= 0.3 is 0 Å². The minimum absolute atomic E-state index is 0.0857. The van der Waals surface area contributed by atoms with Crippen LogP contribution in [-0.2, 0) is 4.84 Å². The van der Waals surface area contributed by atoms with Crippen LogP contribution in [0, 0.1) is 40.3 Å². The van der Waals surface area contributed by atoms with Crippen molar-refractivity contribution in [2.75, 3.05) is 6.61 Å². The first kappa shape index (κ1) is 24.6. The van der Waals surface area contributed by atoms with Crippen LogP contribution in [0.25, 0.3) is 0 Å². The summed E-state index contributed by atoms with van der Waals surface area (Å²) in [5.74, 6) is 2.95. The van der Waals surface area contributed by atoms with E-state index in [1.807, 2.05) is 0 Å². The molecule has 5 heteroatoms. The van der Waals surface area contributed by atoms with Crippen LogP contribution in [0.4, 0.5) is 4.39 Å². The predicted octanol–water partition coefficient (Wildman–Crippen LogP) is 7.05. The molecule has 0 heterocycles. The SMILES string of the molecule is C[C@]12CC[C@H](O)C[C@@H]1CC[C@@H]1[C@@H]2CC[C@]2(C)/C(=N\OCCC3CCC(=O)c4ccc(F)cc43)CC[C@@H]12. The fourth-order valence-electron chi connectivity index (χ4n) is 9.51.